The largest absolute Gasteiger partial charge is 0.490 e. The minimum absolute atomic E-state index is 0.255. The summed E-state index contributed by atoms with van der Waals surface area (Å²) in [5, 5.41) is 3.41. The number of rotatable bonds is 12. The van der Waals surface area contributed by atoms with Crippen LogP contribution in [0.1, 0.15) is 31.4 Å². The van der Waals surface area contributed by atoms with E-state index in [4.69, 9.17) is 14.2 Å². The van der Waals surface area contributed by atoms with Crippen molar-refractivity contribution < 1.29 is 18.6 Å². The Balaban J connectivity index is 1.98. The van der Waals surface area contributed by atoms with Gasteiger partial charge in [-0.2, -0.15) is 0 Å². The van der Waals surface area contributed by atoms with Crippen molar-refractivity contribution in [1.29, 1.82) is 0 Å². The highest BCUT2D eigenvalue weighted by atomic mass is 79.9. The van der Waals surface area contributed by atoms with Crippen LogP contribution in [0.5, 0.6) is 11.5 Å². The normalized spacial score (nSPS) is 10.8. The van der Waals surface area contributed by atoms with Crippen LogP contribution in [0.4, 0.5) is 4.39 Å². The van der Waals surface area contributed by atoms with Crippen molar-refractivity contribution in [3.63, 3.8) is 0 Å². The second-order valence-corrected chi connectivity index (χ2v) is 6.82. The van der Waals surface area contributed by atoms with Gasteiger partial charge in [0.15, 0.2) is 11.5 Å². The van der Waals surface area contributed by atoms with Gasteiger partial charge < -0.3 is 19.5 Å². The fourth-order valence-electron chi connectivity index (χ4n) is 2.50. The fraction of sp³-hybridized carbons (Fsp3) is 0.429. The Labute approximate surface area is 169 Å². The van der Waals surface area contributed by atoms with Crippen molar-refractivity contribution in [1.82, 2.24) is 5.32 Å². The molecule has 0 spiro atoms. The van der Waals surface area contributed by atoms with Crippen LogP contribution >= 0.6 is 15.9 Å². The van der Waals surface area contributed by atoms with Crippen molar-refractivity contribution in [2.45, 2.75) is 33.4 Å². The van der Waals surface area contributed by atoms with Gasteiger partial charge in [0.05, 0.1) is 6.61 Å². The molecule has 0 aliphatic carbocycles. The summed E-state index contributed by atoms with van der Waals surface area (Å²) in [4.78, 5) is 0. The first kappa shape index (κ1) is 21.7. The number of ether oxygens (including phenoxy) is 3. The molecule has 0 radical (unpaired) electrons. The van der Waals surface area contributed by atoms with Gasteiger partial charge in [-0.1, -0.05) is 28.1 Å². The first-order valence-corrected chi connectivity index (χ1v) is 10.0. The molecule has 4 nitrogen and oxygen atoms in total. The third kappa shape index (κ3) is 7.48. The molecule has 148 valence electrons. The second-order valence-electron chi connectivity index (χ2n) is 5.97. The second kappa shape index (κ2) is 12.0. The summed E-state index contributed by atoms with van der Waals surface area (Å²) < 4.78 is 31.0. The zero-order valence-electron chi connectivity index (χ0n) is 15.9. The maximum Gasteiger partial charge on any atom is 0.162 e. The first-order valence-electron chi connectivity index (χ1n) is 9.25. The van der Waals surface area contributed by atoms with Crippen molar-refractivity contribution in [3.8, 4) is 11.5 Å². The molecule has 6 heteroatoms. The average molecular weight is 440 g/mol. The average Bonchev–Trinajstić information content (AvgIpc) is 2.67. The van der Waals surface area contributed by atoms with E-state index in [1.807, 2.05) is 26.0 Å². The molecule has 0 atom stereocenters. The van der Waals surface area contributed by atoms with Crippen LogP contribution in [-0.2, 0) is 17.9 Å². The molecule has 0 saturated carbocycles. The summed E-state index contributed by atoms with van der Waals surface area (Å²) in [6, 6.07) is 10.2. The highest BCUT2D eigenvalue weighted by Crippen LogP contribution is 2.34. The summed E-state index contributed by atoms with van der Waals surface area (Å²) >= 11 is 3.61. The van der Waals surface area contributed by atoms with Crippen molar-refractivity contribution in [2.75, 3.05) is 26.4 Å². The van der Waals surface area contributed by atoms with Gasteiger partial charge in [-0.05, 0) is 62.2 Å². The molecule has 0 aliphatic rings. The van der Waals surface area contributed by atoms with Crippen LogP contribution in [0.2, 0.25) is 0 Å². The zero-order valence-corrected chi connectivity index (χ0v) is 17.5. The molecule has 0 amide bonds. The van der Waals surface area contributed by atoms with Crippen LogP contribution in [0.15, 0.2) is 40.9 Å². The maximum atomic E-state index is 13.0. The van der Waals surface area contributed by atoms with E-state index in [0.717, 1.165) is 48.3 Å². The lowest BCUT2D eigenvalue weighted by Crippen LogP contribution is -2.17. The molecule has 0 aliphatic heterocycles. The van der Waals surface area contributed by atoms with E-state index in [2.05, 4.69) is 21.2 Å². The Morgan fingerprint density at radius 2 is 1.74 bits per heavy atom. The van der Waals surface area contributed by atoms with E-state index in [0.29, 0.717) is 24.7 Å². The minimum Gasteiger partial charge on any atom is -0.490 e. The van der Waals surface area contributed by atoms with Crippen LogP contribution in [0.3, 0.4) is 0 Å². The van der Waals surface area contributed by atoms with Crippen molar-refractivity contribution >= 4 is 15.9 Å². The van der Waals surface area contributed by atoms with Crippen molar-refractivity contribution in [2.24, 2.45) is 0 Å². The lowest BCUT2D eigenvalue weighted by atomic mass is 10.2. The van der Waals surface area contributed by atoms with Gasteiger partial charge in [-0.15, -0.1) is 0 Å². The predicted molar refractivity (Wildman–Crippen MR) is 109 cm³/mol. The van der Waals surface area contributed by atoms with E-state index in [-0.39, 0.29) is 5.82 Å². The van der Waals surface area contributed by atoms with Gasteiger partial charge in [0.1, 0.15) is 12.4 Å². The summed E-state index contributed by atoms with van der Waals surface area (Å²) in [7, 11) is 0. The van der Waals surface area contributed by atoms with Gasteiger partial charge in [0, 0.05) is 24.2 Å². The SMILES string of the molecule is CCOCCCNCc1cc(OCC)c(OCc2ccc(F)cc2)cc1Br. The molecule has 0 saturated heterocycles. The third-order valence-corrected chi connectivity index (χ3v) is 4.62. The highest BCUT2D eigenvalue weighted by molar-refractivity contribution is 9.10. The van der Waals surface area contributed by atoms with Crippen molar-refractivity contribution in [3.05, 3.63) is 57.8 Å². The summed E-state index contributed by atoms with van der Waals surface area (Å²) in [5.41, 5.74) is 2.00. The Hall–Kier alpha value is -1.63. The van der Waals surface area contributed by atoms with Gasteiger partial charge in [0.2, 0.25) is 0 Å². The van der Waals surface area contributed by atoms with Gasteiger partial charge in [-0.25, -0.2) is 4.39 Å². The number of hydrogen-bond acceptors (Lipinski definition) is 4. The monoisotopic (exact) mass is 439 g/mol. The molecule has 2 rings (SSSR count). The molecule has 2 aromatic rings. The molecule has 0 heterocycles. The molecule has 0 unspecified atom stereocenters. The standard InChI is InChI=1S/C21H27BrFNO3/c1-3-25-11-5-10-24-14-17-12-20(26-4-2)21(13-19(17)22)27-15-16-6-8-18(23)9-7-16/h6-9,12-13,24H,3-5,10-11,14-15H2,1-2H3. The number of halogens is 2. The topological polar surface area (TPSA) is 39.7 Å². The smallest absolute Gasteiger partial charge is 0.162 e. The Bertz CT molecular complexity index is 695. The molecular weight excluding hydrogens is 413 g/mol. The lowest BCUT2D eigenvalue weighted by Gasteiger charge is -2.15. The number of benzene rings is 2. The first-order chi connectivity index (χ1) is 13.1. The Kier molecular flexibility index (Phi) is 9.59. The summed E-state index contributed by atoms with van der Waals surface area (Å²) in [5.74, 6) is 1.11. The summed E-state index contributed by atoms with van der Waals surface area (Å²) in [6.45, 7) is 7.98. The molecule has 0 bridgehead atoms. The zero-order chi connectivity index (χ0) is 19.5. The number of nitrogens with one attached hydrogen (secondary N) is 1. The van der Waals surface area contributed by atoms with E-state index >= 15 is 0 Å². The van der Waals surface area contributed by atoms with E-state index < -0.39 is 0 Å². The molecule has 27 heavy (non-hydrogen) atoms. The van der Waals surface area contributed by atoms with Crippen LogP contribution in [0, 0.1) is 5.82 Å². The predicted octanol–water partition coefficient (Wildman–Crippen LogP) is 5.08. The third-order valence-electron chi connectivity index (χ3n) is 3.88. The van der Waals surface area contributed by atoms with Crippen LogP contribution in [0.25, 0.3) is 0 Å². The Morgan fingerprint density at radius 1 is 1.00 bits per heavy atom. The van der Waals surface area contributed by atoms with E-state index in [1.54, 1.807) is 12.1 Å². The van der Waals surface area contributed by atoms with E-state index in [9.17, 15) is 4.39 Å². The fourth-order valence-corrected chi connectivity index (χ4v) is 2.96. The van der Waals surface area contributed by atoms with Crippen LogP contribution in [-0.4, -0.2) is 26.4 Å². The van der Waals surface area contributed by atoms with Gasteiger partial charge in [-0.3, -0.25) is 0 Å². The lowest BCUT2D eigenvalue weighted by molar-refractivity contribution is 0.144. The summed E-state index contributed by atoms with van der Waals surface area (Å²) in [6.07, 6.45) is 0.975. The molecule has 1 N–H and O–H groups in total. The molecular formula is C21H27BrFNO3. The Morgan fingerprint density at radius 3 is 2.44 bits per heavy atom. The van der Waals surface area contributed by atoms with E-state index in [1.165, 1.54) is 12.1 Å². The molecule has 0 fully saturated rings. The highest BCUT2D eigenvalue weighted by Gasteiger charge is 2.11. The minimum atomic E-state index is -0.255. The van der Waals surface area contributed by atoms with Gasteiger partial charge in [0.25, 0.3) is 0 Å². The van der Waals surface area contributed by atoms with Gasteiger partial charge >= 0.3 is 0 Å². The quantitative estimate of drug-likeness (QED) is 0.468. The molecule has 2 aromatic carbocycles. The number of hydrogen-bond donors (Lipinski definition) is 1. The maximum absolute atomic E-state index is 13.0. The van der Waals surface area contributed by atoms with Crippen LogP contribution < -0.4 is 14.8 Å². The molecule has 0 aromatic heterocycles.